The van der Waals surface area contributed by atoms with Crippen LogP contribution in [-0.2, 0) is 11.3 Å². The highest BCUT2D eigenvalue weighted by Crippen LogP contribution is 2.20. The number of ether oxygens (including phenoxy) is 1. The Kier molecular flexibility index (Phi) is 3.92. The molecule has 1 aliphatic rings. The molecule has 104 valence electrons. The van der Waals surface area contributed by atoms with Crippen molar-refractivity contribution in [3.8, 4) is 0 Å². The van der Waals surface area contributed by atoms with E-state index >= 15 is 0 Å². The van der Waals surface area contributed by atoms with Gasteiger partial charge in [0, 0.05) is 25.2 Å². The van der Waals surface area contributed by atoms with Crippen LogP contribution in [0.25, 0.3) is 0 Å². The van der Waals surface area contributed by atoms with Gasteiger partial charge in [0.1, 0.15) is 5.84 Å². The summed E-state index contributed by atoms with van der Waals surface area (Å²) in [5.74, 6) is 0.127. The molecule has 0 radical (unpaired) electrons. The van der Waals surface area contributed by atoms with E-state index in [4.69, 9.17) is 15.9 Å². The first-order valence-corrected chi connectivity index (χ1v) is 6.68. The van der Waals surface area contributed by atoms with E-state index in [0.717, 1.165) is 31.8 Å². The van der Waals surface area contributed by atoms with Crippen molar-refractivity contribution in [2.75, 3.05) is 19.7 Å². The zero-order valence-electron chi connectivity index (χ0n) is 12.0. The molecule has 1 fully saturated rings. The number of benzene rings is 1. The second kappa shape index (κ2) is 5.31. The van der Waals surface area contributed by atoms with Gasteiger partial charge < -0.3 is 10.5 Å². The van der Waals surface area contributed by atoms with E-state index in [9.17, 15) is 0 Å². The number of amidine groups is 1. The van der Waals surface area contributed by atoms with Gasteiger partial charge in [0.05, 0.1) is 12.2 Å². The number of morpholine rings is 1. The number of nitrogens with two attached hydrogens (primary N) is 1. The lowest BCUT2D eigenvalue weighted by Gasteiger charge is -2.38. The fourth-order valence-electron chi connectivity index (χ4n) is 2.53. The van der Waals surface area contributed by atoms with Crippen LogP contribution in [0.4, 0.5) is 0 Å². The SMILES string of the molecule is Cc1cc(C(=N)N)ccc1CN1CCOC(C)(C)C1. The molecule has 1 saturated heterocycles. The summed E-state index contributed by atoms with van der Waals surface area (Å²) < 4.78 is 5.73. The molecule has 0 aliphatic carbocycles. The van der Waals surface area contributed by atoms with Crippen molar-refractivity contribution >= 4 is 5.84 Å². The summed E-state index contributed by atoms with van der Waals surface area (Å²) >= 11 is 0. The molecule has 0 aromatic heterocycles. The van der Waals surface area contributed by atoms with Gasteiger partial charge >= 0.3 is 0 Å². The Balaban J connectivity index is 2.09. The Labute approximate surface area is 115 Å². The van der Waals surface area contributed by atoms with Crippen LogP contribution in [0, 0.1) is 12.3 Å². The number of rotatable bonds is 3. The molecule has 0 spiro atoms. The van der Waals surface area contributed by atoms with Crippen molar-refractivity contribution in [1.29, 1.82) is 5.41 Å². The molecule has 4 nitrogen and oxygen atoms in total. The van der Waals surface area contributed by atoms with E-state index in [2.05, 4.69) is 31.7 Å². The number of nitrogens with zero attached hydrogens (tertiary/aromatic N) is 1. The number of nitrogens with one attached hydrogen (secondary N) is 1. The second-order valence-electron chi connectivity index (χ2n) is 5.87. The molecule has 1 aliphatic heterocycles. The van der Waals surface area contributed by atoms with Crippen molar-refractivity contribution in [2.45, 2.75) is 32.9 Å². The van der Waals surface area contributed by atoms with Crippen LogP contribution in [-0.4, -0.2) is 36.0 Å². The van der Waals surface area contributed by atoms with Crippen molar-refractivity contribution in [2.24, 2.45) is 5.73 Å². The summed E-state index contributed by atoms with van der Waals surface area (Å²) in [6.45, 7) is 9.97. The van der Waals surface area contributed by atoms with Crippen LogP contribution in [0.1, 0.15) is 30.5 Å². The average Bonchev–Trinajstić information content (AvgIpc) is 2.30. The summed E-state index contributed by atoms with van der Waals surface area (Å²) in [5.41, 5.74) is 8.73. The van der Waals surface area contributed by atoms with Gasteiger partial charge in [-0.25, -0.2) is 0 Å². The molecule has 2 rings (SSSR count). The van der Waals surface area contributed by atoms with Gasteiger partial charge in [-0.05, 0) is 38.0 Å². The minimum atomic E-state index is -0.0640. The summed E-state index contributed by atoms with van der Waals surface area (Å²) in [4.78, 5) is 2.42. The van der Waals surface area contributed by atoms with E-state index in [1.807, 2.05) is 12.1 Å². The van der Waals surface area contributed by atoms with Crippen LogP contribution in [0.15, 0.2) is 18.2 Å². The summed E-state index contributed by atoms with van der Waals surface area (Å²) in [7, 11) is 0. The van der Waals surface area contributed by atoms with E-state index in [1.54, 1.807) is 0 Å². The van der Waals surface area contributed by atoms with Crippen molar-refractivity contribution in [3.63, 3.8) is 0 Å². The van der Waals surface area contributed by atoms with Gasteiger partial charge in [-0.2, -0.15) is 0 Å². The van der Waals surface area contributed by atoms with Gasteiger partial charge in [-0.15, -0.1) is 0 Å². The van der Waals surface area contributed by atoms with Crippen LogP contribution in [0.2, 0.25) is 0 Å². The number of aryl methyl sites for hydroxylation is 1. The Morgan fingerprint density at radius 3 is 2.79 bits per heavy atom. The maximum atomic E-state index is 7.46. The molecule has 1 aromatic rings. The Morgan fingerprint density at radius 2 is 2.21 bits per heavy atom. The quantitative estimate of drug-likeness (QED) is 0.645. The normalized spacial score (nSPS) is 19.3. The smallest absolute Gasteiger partial charge is 0.122 e. The fourth-order valence-corrected chi connectivity index (χ4v) is 2.53. The van der Waals surface area contributed by atoms with Crippen molar-refractivity contribution in [1.82, 2.24) is 4.90 Å². The molecular formula is C15H23N3O. The van der Waals surface area contributed by atoms with Crippen LogP contribution < -0.4 is 5.73 Å². The zero-order chi connectivity index (χ0) is 14.0. The summed E-state index contributed by atoms with van der Waals surface area (Å²) in [6, 6.07) is 5.99. The third kappa shape index (κ3) is 3.55. The Hall–Kier alpha value is -1.39. The van der Waals surface area contributed by atoms with Gasteiger partial charge in [-0.3, -0.25) is 10.3 Å². The third-order valence-electron chi connectivity index (χ3n) is 3.55. The summed E-state index contributed by atoms with van der Waals surface area (Å²) in [5, 5.41) is 7.46. The molecule has 0 atom stereocenters. The zero-order valence-corrected chi connectivity index (χ0v) is 12.0. The van der Waals surface area contributed by atoms with E-state index in [1.165, 1.54) is 11.1 Å². The highest BCUT2D eigenvalue weighted by Gasteiger charge is 2.27. The lowest BCUT2D eigenvalue weighted by molar-refractivity contribution is -0.0883. The standard InChI is InChI=1S/C15H23N3O/c1-11-8-12(14(16)17)4-5-13(11)9-18-6-7-19-15(2,3)10-18/h4-5,8H,6-7,9-10H2,1-3H3,(H3,16,17). The molecule has 1 heterocycles. The predicted octanol–water partition coefficient (Wildman–Crippen LogP) is 1.89. The van der Waals surface area contributed by atoms with Crippen LogP contribution in [0.5, 0.6) is 0 Å². The van der Waals surface area contributed by atoms with Gasteiger partial charge in [-0.1, -0.05) is 12.1 Å². The lowest BCUT2D eigenvalue weighted by atomic mass is 10.0. The van der Waals surface area contributed by atoms with Crippen molar-refractivity contribution in [3.05, 3.63) is 34.9 Å². The van der Waals surface area contributed by atoms with Gasteiger partial charge in [0.2, 0.25) is 0 Å². The first-order chi connectivity index (χ1) is 8.87. The molecule has 0 bridgehead atoms. The van der Waals surface area contributed by atoms with Crippen molar-refractivity contribution < 1.29 is 4.74 Å². The lowest BCUT2D eigenvalue weighted by Crippen LogP contribution is -2.47. The number of hydrogen-bond donors (Lipinski definition) is 2. The Bertz CT molecular complexity index is 482. The monoisotopic (exact) mass is 261 g/mol. The molecule has 3 N–H and O–H groups in total. The molecule has 1 aromatic carbocycles. The van der Waals surface area contributed by atoms with Gasteiger partial charge in [0.25, 0.3) is 0 Å². The minimum Gasteiger partial charge on any atom is -0.384 e. The maximum absolute atomic E-state index is 7.46. The number of nitrogen functional groups attached to an aromatic ring is 1. The minimum absolute atomic E-state index is 0.0640. The molecule has 0 saturated carbocycles. The van der Waals surface area contributed by atoms with E-state index < -0.39 is 0 Å². The van der Waals surface area contributed by atoms with E-state index in [-0.39, 0.29) is 11.4 Å². The molecule has 19 heavy (non-hydrogen) atoms. The molecule has 4 heteroatoms. The first-order valence-electron chi connectivity index (χ1n) is 6.68. The average molecular weight is 261 g/mol. The number of hydrogen-bond acceptors (Lipinski definition) is 3. The van der Waals surface area contributed by atoms with E-state index in [0.29, 0.717) is 0 Å². The largest absolute Gasteiger partial charge is 0.384 e. The Morgan fingerprint density at radius 1 is 1.47 bits per heavy atom. The third-order valence-corrected chi connectivity index (χ3v) is 3.55. The first kappa shape index (κ1) is 14.0. The highest BCUT2D eigenvalue weighted by atomic mass is 16.5. The predicted molar refractivity (Wildman–Crippen MR) is 77.5 cm³/mol. The van der Waals surface area contributed by atoms with Crippen LogP contribution in [0.3, 0.4) is 0 Å². The highest BCUT2D eigenvalue weighted by molar-refractivity contribution is 5.95. The second-order valence-corrected chi connectivity index (χ2v) is 5.87. The maximum Gasteiger partial charge on any atom is 0.122 e. The topological polar surface area (TPSA) is 62.3 Å². The molecule has 0 unspecified atom stereocenters. The van der Waals surface area contributed by atoms with Crippen LogP contribution >= 0.6 is 0 Å². The molecular weight excluding hydrogens is 238 g/mol. The summed E-state index contributed by atoms with van der Waals surface area (Å²) in [6.07, 6.45) is 0. The molecule has 0 amide bonds. The fraction of sp³-hybridized carbons (Fsp3) is 0.533. The van der Waals surface area contributed by atoms with Gasteiger partial charge in [0.15, 0.2) is 0 Å².